The fraction of sp³-hybridized carbons (Fsp3) is 0.600. The molecule has 1 aliphatic heterocycles. The van der Waals surface area contributed by atoms with E-state index in [1.54, 1.807) is 11.3 Å². The molecule has 0 unspecified atom stereocenters. The molecule has 0 spiro atoms. The van der Waals surface area contributed by atoms with Gasteiger partial charge in [-0.25, -0.2) is 9.78 Å². The smallest absolute Gasteiger partial charge is 0.475 e. The molecule has 0 atom stereocenters. The Hall–Kier alpha value is -1.39. The first-order valence-corrected chi connectivity index (χ1v) is 6.41. The van der Waals surface area contributed by atoms with E-state index in [0.717, 1.165) is 32.8 Å². The molecule has 6 nitrogen and oxygen atoms in total. The van der Waals surface area contributed by atoms with Crippen molar-refractivity contribution >= 4 is 22.4 Å². The number of carboxylic acids is 1. The highest BCUT2D eigenvalue weighted by atomic mass is 32.1. The molecule has 1 aliphatic rings. The second-order valence-electron chi connectivity index (χ2n) is 3.86. The highest BCUT2D eigenvalue weighted by molar-refractivity contribution is 7.15. The van der Waals surface area contributed by atoms with Crippen LogP contribution >= 0.6 is 11.3 Å². The van der Waals surface area contributed by atoms with Crippen molar-refractivity contribution in [2.45, 2.75) is 12.7 Å². The van der Waals surface area contributed by atoms with Crippen LogP contribution < -0.4 is 5.73 Å². The Kier molecular flexibility index (Phi) is 6.17. The van der Waals surface area contributed by atoms with Gasteiger partial charge in [-0.2, -0.15) is 13.2 Å². The van der Waals surface area contributed by atoms with Crippen molar-refractivity contribution in [3.63, 3.8) is 0 Å². The number of anilines is 1. The second-order valence-corrected chi connectivity index (χ2v) is 5.00. The molecule has 1 fully saturated rings. The summed E-state index contributed by atoms with van der Waals surface area (Å²) in [6.45, 7) is 4.66. The molecule has 1 aromatic heterocycles. The molecule has 20 heavy (non-hydrogen) atoms. The number of hydrogen-bond donors (Lipinski definition) is 2. The van der Waals surface area contributed by atoms with Crippen LogP contribution in [0.3, 0.4) is 0 Å². The van der Waals surface area contributed by atoms with Crippen molar-refractivity contribution in [3.05, 3.63) is 11.1 Å². The van der Waals surface area contributed by atoms with Crippen LogP contribution in [0.4, 0.5) is 18.3 Å². The van der Waals surface area contributed by atoms with Gasteiger partial charge < -0.3 is 15.6 Å². The van der Waals surface area contributed by atoms with E-state index in [-0.39, 0.29) is 0 Å². The van der Waals surface area contributed by atoms with E-state index in [0.29, 0.717) is 5.13 Å². The topological polar surface area (TPSA) is 88.7 Å². The van der Waals surface area contributed by atoms with E-state index in [4.69, 9.17) is 20.4 Å². The normalized spacial score (nSPS) is 16.4. The zero-order chi connectivity index (χ0) is 15.2. The van der Waals surface area contributed by atoms with E-state index in [9.17, 15) is 13.2 Å². The molecule has 0 amide bonds. The molecule has 0 aromatic carbocycles. The first kappa shape index (κ1) is 16.7. The molecular formula is C10H14F3N3O3S. The fourth-order valence-electron chi connectivity index (χ4n) is 1.38. The number of alkyl halides is 3. The van der Waals surface area contributed by atoms with Crippen molar-refractivity contribution in [1.82, 2.24) is 9.88 Å². The monoisotopic (exact) mass is 313 g/mol. The summed E-state index contributed by atoms with van der Waals surface area (Å²) in [4.78, 5) is 16.5. The van der Waals surface area contributed by atoms with Gasteiger partial charge in [0.15, 0.2) is 5.13 Å². The van der Waals surface area contributed by atoms with E-state index < -0.39 is 12.1 Å². The molecule has 0 radical (unpaired) electrons. The van der Waals surface area contributed by atoms with Gasteiger partial charge in [0.25, 0.3) is 0 Å². The second kappa shape index (κ2) is 7.41. The minimum Gasteiger partial charge on any atom is -0.475 e. The first-order valence-electron chi connectivity index (χ1n) is 5.59. The average molecular weight is 313 g/mol. The number of carboxylic acid groups (broad SMARTS) is 1. The summed E-state index contributed by atoms with van der Waals surface area (Å²) in [5.74, 6) is -2.76. The van der Waals surface area contributed by atoms with Crippen LogP contribution in [0.1, 0.15) is 4.88 Å². The van der Waals surface area contributed by atoms with Gasteiger partial charge in [0.05, 0.1) is 13.2 Å². The SMILES string of the molecule is Nc1ncc(CN2CCOCC2)s1.O=C(O)C(F)(F)F. The predicted octanol–water partition coefficient (Wildman–Crippen LogP) is 1.19. The minimum absolute atomic E-state index is 0.656. The lowest BCUT2D eigenvalue weighted by Crippen LogP contribution is -2.35. The van der Waals surface area contributed by atoms with Crippen LogP contribution in [0, 0.1) is 0 Å². The lowest BCUT2D eigenvalue weighted by Gasteiger charge is -2.25. The molecule has 0 bridgehead atoms. The quantitative estimate of drug-likeness (QED) is 0.852. The maximum Gasteiger partial charge on any atom is 0.490 e. The first-order chi connectivity index (χ1) is 9.29. The molecule has 0 saturated carbocycles. The third kappa shape index (κ3) is 6.17. The number of ether oxygens (including phenoxy) is 1. The number of morpholine rings is 1. The van der Waals surface area contributed by atoms with Crippen LogP contribution in [0.25, 0.3) is 0 Å². The van der Waals surface area contributed by atoms with Crippen LogP contribution in [-0.2, 0) is 16.1 Å². The Labute approximate surface area is 117 Å². The number of aromatic nitrogens is 1. The molecule has 3 N–H and O–H groups in total. The van der Waals surface area contributed by atoms with Gasteiger partial charge in [-0.1, -0.05) is 0 Å². The lowest BCUT2D eigenvalue weighted by atomic mass is 10.4. The number of nitrogen functional groups attached to an aromatic ring is 1. The number of thiazole rings is 1. The Bertz CT molecular complexity index is 433. The molecular weight excluding hydrogens is 299 g/mol. The van der Waals surface area contributed by atoms with Gasteiger partial charge in [-0.05, 0) is 0 Å². The summed E-state index contributed by atoms with van der Waals surface area (Å²) in [6.07, 6.45) is -3.23. The van der Waals surface area contributed by atoms with Crippen molar-refractivity contribution in [3.8, 4) is 0 Å². The van der Waals surface area contributed by atoms with Crippen molar-refractivity contribution in [2.75, 3.05) is 32.0 Å². The summed E-state index contributed by atoms with van der Waals surface area (Å²) in [5.41, 5.74) is 5.55. The molecule has 2 heterocycles. The van der Waals surface area contributed by atoms with Crippen LogP contribution in [0.15, 0.2) is 6.20 Å². The predicted molar refractivity (Wildman–Crippen MR) is 66.3 cm³/mol. The maximum absolute atomic E-state index is 10.6. The van der Waals surface area contributed by atoms with E-state index in [1.807, 2.05) is 6.20 Å². The largest absolute Gasteiger partial charge is 0.490 e. The number of aliphatic carboxylic acids is 1. The van der Waals surface area contributed by atoms with Crippen molar-refractivity contribution in [2.24, 2.45) is 0 Å². The van der Waals surface area contributed by atoms with Gasteiger partial charge in [0.2, 0.25) is 0 Å². The Morgan fingerprint density at radius 2 is 2.05 bits per heavy atom. The average Bonchev–Trinajstić information content (AvgIpc) is 2.75. The van der Waals surface area contributed by atoms with Gasteiger partial charge >= 0.3 is 12.1 Å². The molecule has 10 heteroatoms. The summed E-state index contributed by atoms with van der Waals surface area (Å²) in [5, 5.41) is 7.78. The number of rotatable bonds is 2. The van der Waals surface area contributed by atoms with Gasteiger partial charge in [-0.3, -0.25) is 4.90 Å². The van der Waals surface area contributed by atoms with Crippen LogP contribution in [0.5, 0.6) is 0 Å². The van der Waals surface area contributed by atoms with E-state index in [2.05, 4.69) is 9.88 Å². The summed E-state index contributed by atoms with van der Waals surface area (Å²) < 4.78 is 37.0. The summed E-state index contributed by atoms with van der Waals surface area (Å²) in [6, 6.07) is 0. The third-order valence-corrected chi connectivity index (χ3v) is 3.11. The number of nitrogens with two attached hydrogens (primary N) is 1. The number of hydrogen-bond acceptors (Lipinski definition) is 6. The summed E-state index contributed by atoms with van der Waals surface area (Å²) in [7, 11) is 0. The lowest BCUT2D eigenvalue weighted by molar-refractivity contribution is -0.192. The van der Waals surface area contributed by atoms with Crippen molar-refractivity contribution in [1.29, 1.82) is 0 Å². The van der Waals surface area contributed by atoms with Crippen LogP contribution in [-0.4, -0.2) is 53.4 Å². The zero-order valence-electron chi connectivity index (χ0n) is 10.4. The highest BCUT2D eigenvalue weighted by Gasteiger charge is 2.38. The number of nitrogens with zero attached hydrogens (tertiary/aromatic N) is 2. The Morgan fingerprint density at radius 1 is 1.50 bits per heavy atom. The summed E-state index contributed by atoms with van der Waals surface area (Å²) >= 11 is 1.57. The molecule has 114 valence electrons. The van der Waals surface area contributed by atoms with E-state index in [1.165, 1.54) is 4.88 Å². The zero-order valence-corrected chi connectivity index (χ0v) is 11.2. The van der Waals surface area contributed by atoms with Gasteiger partial charge in [0, 0.05) is 30.7 Å². The highest BCUT2D eigenvalue weighted by Crippen LogP contribution is 2.16. The van der Waals surface area contributed by atoms with Gasteiger partial charge in [-0.15, -0.1) is 11.3 Å². The van der Waals surface area contributed by atoms with E-state index >= 15 is 0 Å². The van der Waals surface area contributed by atoms with Crippen LogP contribution in [0.2, 0.25) is 0 Å². The Balaban J connectivity index is 0.000000246. The fourth-order valence-corrected chi connectivity index (χ4v) is 2.10. The molecule has 0 aliphatic carbocycles. The molecule has 1 saturated heterocycles. The third-order valence-electron chi connectivity index (χ3n) is 2.30. The van der Waals surface area contributed by atoms with Gasteiger partial charge in [0.1, 0.15) is 0 Å². The molecule has 2 rings (SSSR count). The number of carbonyl (C=O) groups is 1. The minimum atomic E-state index is -5.08. The Morgan fingerprint density at radius 3 is 2.45 bits per heavy atom. The molecule has 1 aromatic rings. The van der Waals surface area contributed by atoms with Crippen molar-refractivity contribution < 1.29 is 27.8 Å². The maximum atomic E-state index is 10.6. The standard InChI is InChI=1S/C8H13N3OS.C2HF3O2/c9-8-10-5-7(13-8)6-11-1-3-12-4-2-11;3-2(4,5)1(6)7/h5H,1-4,6H2,(H2,9,10);(H,6,7). The number of halogens is 3.